The van der Waals surface area contributed by atoms with E-state index in [0.29, 0.717) is 16.5 Å². The molecule has 0 aliphatic heterocycles. The summed E-state index contributed by atoms with van der Waals surface area (Å²) in [6, 6.07) is 10.6. The molecule has 0 aliphatic carbocycles. The number of anilines is 1. The Kier molecular flexibility index (Phi) is 5.95. The summed E-state index contributed by atoms with van der Waals surface area (Å²) in [6.45, 7) is 5.23. The van der Waals surface area contributed by atoms with Gasteiger partial charge in [-0.25, -0.2) is 13.1 Å². The Hall–Kier alpha value is -2.09. The van der Waals surface area contributed by atoms with Gasteiger partial charge in [0.1, 0.15) is 5.75 Å². The van der Waals surface area contributed by atoms with Gasteiger partial charge < -0.3 is 10.1 Å². The third kappa shape index (κ3) is 5.20. The zero-order valence-electron chi connectivity index (χ0n) is 15.0. The Morgan fingerprint density at radius 1 is 1.12 bits per heavy atom. The molecule has 2 aromatic rings. The highest BCUT2D eigenvalue weighted by molar-refractivity contribution is 7.89. The lowest BCUT2D eigenvalue weighted by molar-refractivity contribution is 0.102. The van der Waals surface area contributed by atoms with Gasteiger partial charge in [-0.1, -0.05) is 17.7 Å². The minimum absolute atomic E-state index is 0.0122. The molecule has 140 valence electrons. The Balaban J connectivity index is 2.30. The molecule has 26 heavy (non-hydrogen) atoms. The highest BCUT2D eigenvalue weighted by Gasteiger charge is 2.23. The minimum Gasteiger partial charge on any atom is -0.495 e. The molecule has 2 aromatic carbocycles. The molecular weight excluding hydrogens is 376 g/mol. The lowest BCUT2D eigenvalue weighted by Crippen LogP contribution is -2.40. The summed E-state index contributed by atoms with van der Waals surface area (Å²) in [6.07, 6.45) is 0. The molecule has 0 heterocycles. The van der Waals surface area contributed by atoms with Gasteiger partial charge in [0.15, 0.2) is 0 Å². The maximum absolute atomic E-state index is 12.5. The summed E-state index contributed by atoms with van der Waals surface area (Å²) in [5, 5.41) is 3.12. The van der Waals surface area contributed by atoms with E-state index in [1.165, 1.54) is 31.4 Å². The number of hydrogen-bond acceptors (Lipinski definition) is 4. The summed E-state index contributed by atoms with van der Waals surface area (Å²) >= 11 is 5.96. The van der Waals surface area contributed by atoms with Crippen molar-refractivity contribution in [1.82, 2.24) is 4.72 Å². The van der Waals surface area contributed by atoms with Crippen molar-refractivity contribution in [3.8, 4) is 5.75 Å². The fraction of sp³-hybridized carbons (Fsp3) is 0.278. The Bertz CT molecular complexity index is 921. The van der Waals surface area contributed by atoms with Gasteiger partial charge in [0.2, 0.25) is 10.0 Å². The van der Waals surface area contributed by atoms with Crippen LogP contribution in [0.1, 0.15) is 31.1 Å². The van der Waals surface area contributed by atoms with Crippen LogP contribution in [0.2, 0.25) is 5.02 Å². The number of carbonyl (C=O) groups is 1. The highest BCUT2D eigenvalue weighted by Crippen LogP contribution is 2.28. The van der Waals surface area contributed by atoms with Crippen molar-refractivity contribution in [3.05, 3.63) is 53.1 Å². The molecule has 2 N–H and O–H groups in total. The van der Waals surface area contributed by atoms with E-state index in [9.17, 15) is 13.2 Å². The number of sulfonamides is 1. The largest absolute Gasteiger partial charge is 0.495 e. The topological polar surface area (TPSA) is 84.5 Å². The molecule has 2 rings (SSSR count). The average Bonchev–Trinajstić information content (AvgIpc) is 2.53. The van der Waals surface area contributed by atoms with Crippen LogP contribution in [0.5, 0.6) is 5.75 Å². The maximum Gasteiger partial charge on any atom is 0.255 e. The van der Waals surface area contributed by atoms with Crippen LogP contribution in [0.25, 0.3) is 0 Å². The van der Waals surface area contributed by atoms with Crippen molar-refractivity contribution in [2.75, 3.05) is 12.4 Å². The van der Waals surface area contributed by atoms with Gasteiger partial charge in [-0.05, 0) is 57.2 Å². The molecule has 8 heteroatoms. The van der Waals surface area contributed by atoms with E-state index in [0.717, 1.165) is 0 Å². The number of benzene rings is 2. The van der Waals surface area contributed by atoms with Crippen molar-refractivity contribution in [3.63, 3.8) is 0 Å². The van der Waals surface area contributed by atoms with Gasteiger partial charge >= 0.3 is 0 Å². The van der Waals surface area contributed by atoms with E-state index in [1.54, 1.807) is 39.0 Å². The Labute approximate surface area is 158 Å². The Morgan fingerprint density at radius 2 is 1.81 bits per heavy atom. The van der Waals surface area contributed by atoms with E-state index in [1.807, 2.05) is 0 Å². The zero-order chi connectivity index (χ0) is 19.5. The highest BCUT2D eigenvalue weighted by atomic mass is 35.5. The maximum atomic E-state index is 12.5. The lowest BCUT2D eigenvalue weighted by Gasteiger charge is -2.20. The van der Waals surface area contributed by atoms with Crippen molar-refractivity contribution in [2.45, 2.75) is 31.2 Å². The molecule has 0 aliphatic rings. The monoisotopic (exact) mass is 396 g/mol. The first kappa shape index (κ1) is 20.2. The van der Waals surface area contributed by atoms with Crippen molar-refractivity contribution >= 4 is 33.2 Å². The predicted octanol–water partition coefficient (Wildman–Crippen LogP) is 3.68. The van der Waals surface area contributed by atoms with Crippen LogP contribution < -0.4 is 14.8 Å². The molecule has 0 unspecified atom stereocenters. The molecule has 6 nitrogen and oxygen atoms in total. The molecule has 0 saturated heterocycles. The number of carbonyl (C=O) groups excluding carboxylic acids is 1. The number of amides is 1. The number of hydrogen-bond donors (Lipinski definition) is 2. The van der Waals surface area contributed by atoms with E-state index >= 15 is 0 Å². The third-order valence-electron chi connectivity index (χ3n) is 3.26. The minimum atomic E-state index is -3.74. The molecule has 0 saturated carbocycles. The quantitative estimate of drug-likeness (QED) is 0.807. The van der Waals surface area contributed by atoms with Crippen LogP contribution in [0.15, 0.2) is 47.4 Å². The molecular formula is C18H21ClN2O4S. The van der Waals surface area contributed by atoms with Crippen LogP contribution in [-0.4, -0.2) is 27.0 Å². The molecule has 0 aromatic heterocycles. The van der Waals surface area contributed by atoms with E-state index in [4.69, 9.17) is 16.3 Å². The van der Waals surface area contributed by atoms with E-state index in [2.05, 4.69) is 10.0 Å². The summed E-state index contributed by atoms with van der Waals surface area (Å²) in [5.41, 5.74) is -0.0412. The fourth-order valence-electron chi connectivity index (χ4n) is 2.24. The number of methoxy groups -OCH3 is 1. The van der Waals surface area contributed by atoms with Gasteiger partial charge in [-0.3, -0.25) is 4.79 Å². The molecule has 0 fully saturated rings. The van der Waals surface area contributed by atoms with Crippen LogP contribution in [0.4, 0.5) is 5.69 Å². The SMILES string of the molecule is COc1ccc(Cl)cc1NC(=O)c1cccc(S(=O)(=O)NC(C)(C)C)c1. The normalized spacial score (nSPS) is 11.9. The van der Waals surface area contributed by atoms with Gasteiger partial charge in [0, 0.05) is 16.1 Å². The molecule has 0 radical (unpaired) electrons. The smallest absolute Gasteiger partial charge is 0.255 e. The second kappa shape index (κ2) is 7.65. The number of halogens is 1. The van der Waals surface area contributed by atoms with E-state index in [-0.39, 0.29) is 10.5 Å². The van der Waals surface area contributed by atoms with Crippen LogP contribution in [0.3, 0.4) is 0 Å². The standard InChI is InChI=1S/C18H21ClN2O4S/c1-18(2,3)21-26(23,24)14-7-5-6-12(10-14)17(22)20-15-11-13(19)8-9-16(15)25-4/h5-11,21H,1-4H3,(H,20,22). The summed E-state index contributed by atoms with van der Waals surface area (Å²) < 4.78 is 32.6. The average molecular weight is 397 g/mol. The van der Waals surface area contributed by atoms with Gasteiger partial charge in [-0.15, -0.1) is 0 Å². The summed E-state index contributed by atoms with van der Waals surface area (Å²) in [4.78, 5) is 12.5. The summed E-state index contributed by atoms with van der Waals surface area (Å²) in [7, 11) is -2.27. The van der Waals surface area contributed by atoms with E-state index < -0.39 is 21.5 Å². The lowest BCUT2D eigenvalue weighted by atomic mass is 10.1. The zero-order valence-corrected chi connectivity index (χ0v) is 16.5. The third-order valence-corrected chi connectivity index (χ3v) is 5.25. The van der Waals surface area contributed by atoms with Crippen molar-refractivity contribution in [2.24, 2.45) is 0 Å². The fourth-order valence-corrected chi connectivity index (χ4v) is 3.87. The first-order chi connectivity index (χ1) is 12.0. The van der Waals surface area contributed by atoms with Crippen LogP contribution in [-0.2, 0) is 10.0 Å². The molecule has 0 atom stereocenters. The molecule has 0 spiro atoms. The van der Waals surface area contributed by atoms with Crippen molar-refractivity contribution in [1.29, 1.82) is 0 Å². The van der Waals surface area contributed by atoms with Crippen molar-refractivity contribution < 1.29 is 17.9 Å². The van der Waals surface area contributed by atoms with Gasteiger partial charge in [-0.2, -0.15) is 0 Å². The second-order valence-corrected chi connectivity index (χ2v) is 8.80. The number of nitrogens with one attached hydrogen (secondary N) is 2. The number of rotatable bonds is 5. The van der Waals surface area contributed by atoms with Crippen LogP contribution >= 0.6 is 11.6 Å². The first-order valence-electron chi connectivity index (χ1n) is 7.81. The second-order valence-electron chi connectivity index (χ2n) is 6.68. The van der Waals surface area contributed by atoms with Gasteiger partial charge in [0.05, 0.1) is 17.7 Å². The first-order valence-corrected chi connectivity index (χ1v) is 9.67. The van der Waals surface area contributed by atoms with Crippen LogP contribution in [0, 0.1) is 0 Å². The molecule has 1 amide bonds. The summed E-state index contributed by atoms with van der Waals surface area (Å²) in [5.74, 6) is -0.0284. The predicted molar refractivity (Wildman–Crippen MR) is 102 cm³/mol. The van der Waals surface area contributed by atoms with Gasteiger partial charge in [0.25, 0.3) is 5.91 Å². The number of ether oxygens (including phenoxy) is 1. The Morgan fingerprint density at radius 3 is 2.42 bits per heavy atom. The molecule has 0 bridgehead atoms.